The first kappa shape index (κ1) is 30.3. The van der Waals surface area contributed by atoms with Gasteiger partial charge in [-0.15, -0.1) is 0 Å². The van der Waals surface area contributed by atoms with Crippen LogP contribution in [0.3, 0.4) is 0 Å². The van der Waals surface area contributed by atoms with Gasteiger partial charge in [-0.1, -0.05) is 54.6 Å². The number of benzene rings is 2. The number of aliphatic hydroxyl groups excluding tert-OH is 1. The molecule has 1 saturated carbocycles. The fourth-order valence-corrected chi connectivity index (χ4v) is 4.35. The first-order chi connectivity index (χ1) is 18.4. The number of hydrogen-bond acceptors (Lipinski definition) is 8. The summed E-state index contributed by atoms with van der Waals surface area (Å²) in [5.41, 5.74) is 1.64. The molecule has 0 radical (unpaired) electrons. The first-order valence-corrected chi connectivity index (χ1v) is 12.3. The van der Waals surface area contributed by atoms with Gasteiger partial charge < -0.3 is 24.2 Å². The molecule has 1 aliphatic carbocycles. The summed E-state index contributed by atoms with van der Waals surface area (Å²) >= 11 is 0. The number of esters is 1. The van der Waals surface area contributed by atoms with E-state index in [0.717, 1.165) is 19.4 Å². The number of nitrogens with zero attached hydrogens (tertiary/aromatic N) is 3. The summed E-state index contributed by atoms with van der Waals surface area (Å²) in [6, 6.07) is 24.7. The molecule has 1 heterocycles. The zero-order valence-electron chi connectivity index (χ0n) is 22.7. The molecule has 1 fully saturated rings. The van der Waals surface area contributed by atoms with Crippen LogP contribution in [-0.4, -0.2) is 69.0 Å². The van der Waals surface area contributed by atoms with E-state index in [1.54, 1.807) is 12.1 Å². The van der Waals surface area contributed by atoms with Crippen LogP contribution < -0.4 is 9.47 Å². The van der Waals surface area contributed by atoms with Crippen molar-refractivity contribution in [3.8, 4) is 17.8 Å². The van der Waals surface area contributed by atoms with E-state index in [1.807, 2.05) is 74.8 Å². The van der Waals surface area contributed by atoms with Gasteiger partial charge in [-0.25, -0.2) is 4.79 Å². The Morgan fingerprint density at radius 3 is 2.03 bits per heavy atom. The van der Waals surface area contributed by atoms with Crippen molar-refractivity contribution in [3.63, 3.8) is 0 Å². The van der Waals surface area contributed by atoms with E-state index >= 15 is 0 Å². The van der Waals surface area contributed by atoms with Crippen molar-refractivity contribution >= 4 is 5.97 Å². The number of aromatic nitrogens is 1. The molecule has 0 spiro atoms. The van der Waals surface area contributed by atoms with Crippen molar-refractivity contribution < 1.29 is 24.1 Å². The molecule has 1 aliphatic rings. The molecular formula is C30H37N3O5. The highest BCUT2D eigenvalue weighted by Crippen LogP contribution is 2.44. The predicted octanol–water partition coefficient (Wildman–Crippen LogP) is 4.55. The van der Waals surface area contributed by atoms with Crippen LogP contribution >= 0.6 is 0 Å². The minimum absolute atomic E-state index is 0.141. The van der Waals surface area contributed by atoms with Crippen LogP contribution in [0.4, 0.5) is 0 Å². The molecule has 0 bridgehead atoms. The molecule has 0 aliphatic heterocycles. The van der Waals surface area contributed by atoms with Crippen LogP contribution in [0, 0.1) is 17.2 Å². The predicted molar refractivity (Wildman–Crippen MR) is 146 cm³/mol. The number of hydrogen-bond donors (Lipinski definition) is 1. The second-order valence-electron chi connectivity index (χ2n) is 8.96. The molecule has 8 nitrogen and oxygen atoms in total. The van der Waals surface area contributed by atoms with Gasteiger partial charge in [0.1, 0.15) is 0 Å². The molecule has 0 saturated heterocycles. The monoisotopic (exact) mass is 519 g/mol. The second kappa shape index (κ2) is 16.0. The molecule has 38 heavy (non-hydrogen) atoms. The van der Waals surface area contributed by atoms with Gasteiger partial charge in [0.15, 0.2) is 0 Å². The van der Waals surface area contributed by atoms with E-state index in [0.29, 0.717) is 22.6 Å². The third-order valence-electron chi connectivity index (χ3n) is 6.09. The fourth-order valence-electron chi connectivity index (χ4n) is 4.35. The van der Waals surface area contributed by atoms with Crippen LogP contribution in [0.5, 0.6) is 11.8 Å². The number of ether oxygens (including phenoxy) is 3. The Morgan fingerprint density at radius 1 is 1.00 bits per heavy atom. The number of rotatable bonds is 6. The molecule has 8 heteroatoms. The van der Waals surface area contributed by atoms with Crippen molar-refractivity contribution in [1.82, 2.24) is 9.88 Å². The Hall–Kier alpha value is -3.93. The third kappa shape index (κ3) is 8.87. The van der Waals surface area contributed by atoms with E-state index in [4.69, 9.17) is 19.5 Å². The minimum Gasteiger partial charge on any atom is -0.481 e. The highest BCUT2D eigenvalue weighted by Gasteiger charge is 2.40. The summed E-state index contributed by atoms with van der Waals surface area (Å²) in [5.74, 6) is -0.00963. The van der Waals surface area contributed by atoms with Crippen LogP contribution in [0.25, 0.3) is 0 Å². The summed E-state index contributed by atoms with van der Waals surface area (Å²) in [6.07, 6.45) is 1.06. The van der Waals surface area contributed by atoms with Gasteiger partial charge in [0, 0.05) is 24.1 Å². The quantitative estimate of drug-likeness (QED) is 0.473. The SMILES string of the molecule is COC(=O)c1cc(OC)nc(OC)c1C1CC[C@H](CN(C)C)[C@@H]1O.N#Cc1ccccc1.c1ccccc1. The molecule has 4 rings (SSSR count). The zero-order valence-corrected chi connectivity index (χ0v) is 22.7. The highest BCUT2D eigenvalue weighted by atomic mass is 16.5. The highest BCUT2D eigenvalue weighted by molar-refractivity contribution is 5.92. The average molecular weight is 520 g/mol. The average Bonchev–Trinajstić information content (AvgIpc) is 3.32. The standard InChI is InChI=1S/C17H26N2O5.C7H5N.C6H6/c1-19(2)9-10-6-7-11(15(10)20)14-12(17(21)24-5)8-13(22-3)18-16(14)23-4;8-6-7-4-2-1-3-5-7;1-2-4-6-5-3-1/h8,10-11,15,20H,6-7,9H2,1-5H3;1-5H;1-6H/t10-,11?,15+;;/m1../s1. The number of methoxy groups -OCH3 is 3. The van der Waals surface area contributed by atoms with Gasteiger partial charge in [-0.05, 0) is 45.0 Å². The lowest BCUT2D eigenvalue weighted by atomic mass is 9.90. The summed E-state index contributed by atoms with van der Waals surface area (Å²) in [5, 5.41) is 19.1. The van der Waals surface area contributed by atoms with Gasteiger partial charge in [0.05, 0.1) is 44.6 Å². The molecule has 1 N–H and O–H groups in total. The second-order valence-corrected chi connectivity index (χ2v) is 8.96. The van der Waals surface area contributed by atoms with E-state index < -0.39 is 12.1 Å². The smallest absolute Gasteiger partial charge is 0.338 e. The van der Waals surface area contributed by atoms with Crippen molar-refractivity contribution in [1.29, 1.82) is 5.26 Å². The molecule has 0 amide bonds. The van der Waals surface area contributed by atoms with Gasteiger partial charge in [0.25, 0.3) is 0 Å². The Morgan fingerprint density at radius 2 is 1.58 bits per heavy atom. The molecule has 202 valence electrons. The molecule has 2 aromatic carbocycles. The lowest BCUT2D eigenvalue weighted by molar-refractivity contribution is 0.0593. The maximum Gasteiger partial charge on any atom is 0.338 e. The maximum atomic E-state index is 12.2. The molecule has 1 unspecified atom stereocenters. The van der Waals surface area contributed by atoms with E-state index in [9.17, 15) is 9.90 Å². The number of aliphatic hydroxyl groups is 1. The normalized spacial score (nSPS) is 17.7. The topological polar surface area (TPSA) is 105 Å². The zero-order chi connectivity index (χ0) is 27.9. The van der Waals surface area contributed by atoms with Crippen LogP contribution in [0.2, 0.25) is 0 Å². The molecule has 1 aromatic heterocycles. The Bertz CT molecular complexity index is 1120. The van der Waals surface area contributed by atoms with Crippen LogP contribution in [-0.2, 0) is 4.74 Å². The van der Waals surface area contributed by atoms with Crippen LogP contribution in [0.1, 0.15) is 40.2 Å². The van der Waals surface area contributed by atoms with Crippen molar-refractivity contribution in [2.45, 2.75) is 24.9 Å². The number of nitriles is 1. The van der Waals surface area contributed by atoms with E-state index in [-0.39, 0.29) is 17.7 Å². The number of pyridine rings is 1. The fraction of sp³-hybridized carbons (Fsp3) is 0.367. The Kier molecular flexibility index (Phi) is 12.8. The van der Waals surface area contributed by atoms with Gasteiger partial charge in [-0.3, -0.25) is 0 Å². The lowest BCUT2D eigenvalue weighted by Crippen LogP contribution is -2.30. The minimum atomic E-state index is -0.570. The summed E-state index contributed by atoms with van der Waals surface area (Å²) in [6.45, 7) is 0.789. The Labute approximate surface area is 225 Å². The maximum absolute atomic E-state index is 12.2. The largest absolute Gasteiger partial charge is 0.481 e. The molecule has 3 atom stereocenters. The Balaban J connectivity index is 0.000000291. The lowest BCUT2D eigenvalue weighted by Gasteiger charge is -2.24. The summed E-state index contributed by atoms with van der Waals surface area (Å²) in [7, 11) is 8.25. The van der Waals surface area contributed by atoms with Crippen molar-refractivity contribution in [2.75, 3.05) is 42.0 Å². The number of carbonyl (C=O) groups is 1. The summed E-state index contributed by atoms with van der Waals surface area (Å²) in [4.78, 5) is 18.6. The van der Waals surface area contributed by atoms with Gasteiger partial charge in [0.2, 0.25) is 11.8 Å². The first-order valence-electron chi connectivity index (χ1n) is 12.3. The molecular weight excluding hydrogens is 482 g/mol. The van der Waals surface area contributed by atoms with Crippen molar-refractivity contribution in [2.24, 2.45) is 5.92 Å². The van der Waals surface area contributed by atoms with Crippen molar-refractivity contribution in [3.05, 3.63) is 89.5 Å². The van der Waals surface area contributed by atoms with Gasteiger partial charge >= 0.3 is 5.97 Å². The van der Waals surface area contributed by atoms with Gasteiger partial charge in [-0.2, -0.15) is 10.2 Å². The van der Waals surface area contributed by atoms with E-state index in [1.165, 1.54) is 27.4 Å². The van der Waals surface area contributed by atoms with Crippen LogP contribution in [0.15, 0.2) is 72.8 Å². The summed E-state index contributed by atoms with van der Waals surface area (Å²) < 4.78 is 15.4. The number of carbonyl (C=O) groups excluding carboxylic acids is 1. The van der Waals surface area contributed by atoms with E-state index in [2.05, 4.69) is 9.88 Å². The molecule has 3 aromatic rings. The third-order valence-corrected chi connectivity index (χ3v) is 6.09.